The van der Waals surface area contributed by atoms with E-state index in [1.54, 1.807) is 0 Å². The van der Waals surface area contributed by atoms with Gasteiger partial charge in [0.2, 0.25) is 5.91 Å². The molecule has 84 valence electrons. The van der Waals surface area contributed by atoms with E-state index >= 15 is 0 Å². The van der Waals surface area contributed by atoms with Gasteiger partial charge in [-0.05, 0) is 24.8 Å². The Kier molecular flexibility index (Phi) is 4.53. The van der Waals surface area contributed by atoms with Crippen molar-refractivity contribution in [2.24, 2.45) is 5.92 Å². The second-order valence-corrected chi connectivity index (χ2v) is 4.18. The van der Waals surface area contributed by atoms with Crippen molar-refractivity contribution >= 4 is 11.7 Å². The molecule has 1 rings (SSSR count). The summed E-state index contributed by atoms with van der Waals surface area (Å²) in [7, 11) is 0. The van der Waals surface area contributed by atoms with Crippen LogP contribution in [-0.2, 0) is 9.59 Å². The zero-order chi connectivity index (χ0) is 11.3. The molecule has 0 aliphatic heterocycles. The van der Waals surface area contributed by atoms with Crippen LogP contribution in [0.25, 0.3) is 0 Å². The molecule has 0 heterocycles. The fourth-order valence-corrected chi connectivity index (χ4v) is 2.23. The van der Waals surface area contributed by atoms with E-state index in [-0.39, 0.29) is 17.7 Å². The molecule has 1 fully saturated rings. The molecule has 1 aliphatic carbocycles. The monoisotopic (exact) mass is 209 g/mol. The minimum Gasteiger partial charge on any atom is -0.346 e. The lowest BCUT2D eigenvalue weighted by Crippen LogP contribution is -2.45. The SMILES string of the molecule is C=CC(=O)[C@@H](NC(C)=O)C1CCCCC1. The molecule has 0 bridgehead atoms. The summed E-state index contributed by atoms with van der Waals surface area (Å²) in [6, 6.07) is -0.347. The van der Waals surface area contributed by atoms with Gasteiger partial charge in [-0.1, -0.05) is 25.8 Å². The van der Waals surface area contributed by atoms with Gasteiger partial charge in [-0.15, -0.1) is 0 Å². The maximum Gasteiger partial charge on any atom is 0.217 e. The largest absolute Gasteiger partial charge is 0.346 e. The van der Waals surface area contributed by atoms with Gasteiger partial charge in [0.05, 0.1) is 6.04 Å². The normalized spacial score (nSPS) is 19.3. The fourth-order valence-electron chi connectivity index (χ4n) is 2.23. The predicted molar refractivity (Wildman–Crippen MR) is 59.4 cm³/mol. The average molecular weight is 209 g/mol. The summed E-state index contributed by atoms with van der Waals surface area (Å²) in [6.07, 6.45) is 6.94. The van der Waals surface area contributed by atoms with Crippen molar-refractivity contribution in [1.29, 1.82) is 0 Å². The first-order valence-corrected chi connectivity index (χ1v) is 5.58. The highest BCUT2D eigenvalue weighted by atomic mass is 16.2. The Morgan fingerprint density at radius 1 is 1.33 bits per heavy atom. The van der Waals surface area contributed by atoms with Gasteiger partial charge in [-0.3, -0.25) is 9.59 Å². The molecule has 3 heteroatoms. The van der Waals surface area contributed by atoms with Gasteiger partial charge in [-0.2, -0.15) is 0 Å². The molecule has 1 saturated carbocycles. The van der Waals surface area contributed by atoms with Gasteiger partial charge in [0.1, 0.15) is 0 Å². The molecule has 0 aromatic carbocycles. The Morgan fingerprint density at radius 2 is 1.93 bits per heavy atom. The Hall–Kier alpha value is -1.12. The number of hydrogen-bond donors (Lipinski definition) is 1. The van der Waals surface area contributed by atoms with E-state index in [9.17, 15) is 9.59 Å². The number of hydrogen-bond acceptors (Lipinski definition) is 2. The third kappa shape index (κ3) is 3.50. The van der Waals surface area contributed by atoms with E-state index in [2.05, 4.69) is 11.9 Å². The van der Waals surface area contributed by atoms with E-state index in [0.29, 0.717) is 5.92 Å². The first-order chi connectivity index (χ1) is 7.15. The molecule has 0 radical (unpaired) electrons. The van der Waals surface area contributed by atoms with Crippen molar-refractivity contribution < 1.29 is 9.59 Å². The summed E-state index contributed by atoms with van der Waals surface area (Å²) in [4.78, 5) is 22.6. The second kappa shape index (κ2) is 5.69. The van der Waals surface area contributed by atoms with Crippen LogP contribution in [0, 0.1) is 5.92 Å². The standard InChI is InChI=1S/C12H19NO2/c1-3-11(15)12(13-9(2)14)10-7-5-4-6-8-10/h3,10,12H,1,4-8H2,2H3,(H,13,14)/t12-/m0/s1. The van der Waals surface area contributed by atoms with E-state index in [0.717, 1.165) is 25.7 Å². The summed E-state index contributed by atoms with van der Waals surface area (Å²) >= 11 is 0. The smallest absolute Gasteiger partial charge is 0.217 e. The van der Waals surface area contributed by atoms with Crippen LogP contribution in [0.4, 0.5) is 0 Å². The Balaban J connectivity index is 2.64. The van der Waals surface area contributed by atoms with Gasteiger partial charge in [0, 0.05) is 6.92 Å². The lowest BCUT2D eigenvalue weighted by atomic mass is 9.82. The molecule has 1 amide bonds. The maximum atomic E-state index is 11.6. The highest BCUT2D eigenvalue weighted by Crippen LogP contribution is 2.27. The van der Waals surface area contributed by atoms with Gasteiger partial charge < -0.3 is 5.32 Å². The Labute approximate surface area is 90.9 Å². The van der Waals surface area contributed by atoms with Crippen LogP contribution >= 0.6 is 0 Å². The minimum atomic E-state index is -0.347. The van der Waals surface area contributed by atoms with E-state index in [1.165, 1.54) is 19.4 Å². The maximum absolute atomic E-state index is 11.6. The van der Waals surface area contributed by atoms with Crippen LogP contribution in [0.2, 0.25) is 0 Å². The van der Waals surface area contributed by atoms with Gasteiger partial charge >= 0.3 is 0 Å². The number of rotatable bonds is 4. The highest BCUT2D eigenvalue weighted by Gasteiger charge is 2.28. The summed E-state index contributed by atoms with van der Waals surface area (Å²) in [5, 5.41) is 2.74. The summed E-state index contributed by atoms with van der Waals surface area (Å²) in [6.45, 7) is 4.93. The third-order valence-corrected chi connectivity index (χ3v) is 2.99. The molecule has 1 atom stereocenters. The van der Waals surface area contributed by atoms with Gasteiger partial charge in [-0.25, -0.2) is 0 Å². The van der Waals surface area contributed by atoms with Crippen LogP contribution < -0.4 is 5.32 Å². The first-order valence-electron chi connectivity index (χ1n) is 5.58. The van der Waals surface area contributed by atoms with Crippen molar-refractivity contribution in [3.05, 3.63) is 12.7 Å². The van der Waals surface area contributed by atoms with E-state index in [1.807, 2.05) is 0 Å². The van der Waals surface area contributed by atoms with Gasteiger partial charge in [0.25, 0.3) is 0 Å². The van der Waals surface area contributed by atoms with E-state index < -0.39 is 0 Å². The Bertz CT molecular complexity index is 254. The fraction of sp³-hybridized carbons (Fsp3) is 0.667. The molecular weight excluding hydrogens is 190 g/mol. The van der Waals surface area contributed by atoms with Crippen LogP contribution in [0.5, 0.6) is 0 Å². The molecule has 0 saturated heterocycles. The average Bonchev–Trinajstić information content (AvgIpc) is 2.26. The summed E-state index contributed by atoms with van der Waals surface area (Å²) in [5.74, 6) is 0.103. The molecule has 0 aromatic rings. The zero-order valence-corrected chi connectivity index (χ0v) is 9.29. The molecule has 0 unspecified atom stereocenters. The molecular formula is C12H19NO2. The topological polar surface area (TPSA) is 46.2 Å². The minimum absolute atomic E-state index is 0.0582. The number of ketones is 1. The second-order valence-electron chi connectivity index (χ2n) is 4.18. The highest BCUT2D eigenvalue weighted by molar-refractivity contribution is 5.96. The van der Waals surface area contributed by atoms with E-state index in [4.69, 9.17) is 0 Å². The molecule has 1 aliphatic rings. The van der Waals surface area contributed by atoms with Gasteiger partial charge in [0.15, 0.2) is 5.78 Å². The van der Waals surface area contributed by atoms with Crippen LogP contribution in [-0.4, -0.2) is 17.7 Å². The quantitative estimate of drug-likeness (QED) is 0.718. The molecule has 3 nitrogen and oxygen atoms in total. The summed E-state index contributed by atoms with van der Waals surface area (Å²) in [5.41, 5.74) is 0. The van der Waals surface area contributed by atoms with Crippen molar-refractivity contribution in [1.82, 2.24) is 5.32 Å². The van der Waals surface area contributed by atoms with Crippen molar-refractivity contribution in [2.75, 3.05) is 0 Å². The van der Waals surface area contributed by atoms with Crippen LogP contribution in [0.3, 0.4) is 0 Å². The van der Waals surface area contributed by atoms with Crippen LogP contribution in [0.1, 0.15) is 39.0 Å². The first kappa shape index (κ1) is 12.0. The van der Waals surface area contributed by atoms with Crippen molar-refractivity contribution in [2.45, 2.75) is 45.1 Å². The lowest BCUT2D eigenvalue weighted by molar-refractivity contribution is -0.125. The molecule has 0 spiro atoms. The number of amides is 1. The lowest BCUT2D eigenvalue weighted by Gasteiger charge is -2.28. The molecule has 1 N–H and O–H groups in total. The zero-order valence-electron chi connectivity index (χ0n) is 9.29. The molecule has 0 aromatic heterocycles. The predicted octanol–water partition coefficient (Wildman–Crippen LogP) is 1.83. The van der Waals surface area contributed by atoms with Crippen molar-refractivity contribution in [3.8, 4) is 0 Å². The number of carbonyl (C=O) groups is 2. The number of carbonyl (C=O) groups excluding carboxylic acids is 2. The Morgan fingerprint density at radius 3 is 2.40 bits per heavy atom. The van der Waals surface area contributed by atoms with Crippen molar-refractivity contribution in [3.63, 3.8) is 0 Å². The summed E-state index contributed by atoms with van der Waals surface area (Å²) < 4.78 is 0. The van der Waals surface area contributed by atoms with Crippen LogP contribution in [0.15, 0.2) is 12.7 Å². The molecule has 15 heavy (non-hydrogen) atoms. The third-order valence-electron chi connectivity index (χ3n) is 2.99. The number of nitrogens with one attached hydrogen (secondary N) is 1.